The number of anilines is 1. The van der Waals surface area contributed by atoms with Gasteiger partial charge >= 0.3 is 0 Å². The van der Waals surface area contributed by atoms with Crippen LogP contribution in [0, 0.1) is 0 Å². The smallest absolute Gasteiger partial charge is 0.191 e. The lowest BCUT2D eigenvalue weighted by molar-refractivity contribution is 0.506. The minimum Gasteiger partial charge on any atom is -0.469 e. The Hall–Kier alpha value is -2.26. The summed E-state index contributed by atoms with van der Waals surface area (Å²) in [5.74, 6) is 2.61. The van der Waals surface area contributed by atoms with Crippen molar-refractivity contribution in [1.82, 2.24) is 15.6 Å². The third-order valence-corrected chi connectivity index (χ3v) is 5.37. The van der Waals surface area contributed by atoms with Gasteiger partial charge in [0, 0.05) is 38.3 Å². The van der Waals surface area contributed by atoms with Gasteiger partial charge in [0.2, 0.25) is 0 Å². The van der Waals surface area contributed by atoms with Crippen molar-refractivity contribution in [3.05, 3.63) is 83.4 Å². The van der Waals surface area contributed by atoms with Gasteiger partial charge in [-0.25, -0.2) is 9.98 Å². The molecule has 1 atom stereocenters. The second-order valence-electron chi connectivity index (χ2n) is 7.29. The van der Waals surface area contributed by atoms with Crippen LogP contribution in [0.3, 0.4) is 0 Å². The van der Waals surface area contributed by atoms with E-state index in [1.165, 1.54) is 5.56 Å². The maximum absolute atomic E-state index is 6.32. The number of halogens is 2. The van der Waals surface area contributed by atoms with Gasteiger partial charge in [0.1, 0.15) is 11.6 Å². The van der Waals surface area contributed by atoms with E-state index in [-0.39, 0.29) is 30.0 Å². The molecule has 1 aliphatic rings. The Morgan fingerprint density at radius 2 is 2.03 bits per heavy atom. The molecule has 6 nitrogen and oxygen atoms in total. The van der Waals surface area contributed by atoms with Crippen LogP contribution >= 0.6 is 35.6 Å². The van der Waals surface area contributed by atoms with E-state index in [0.29, 0.717) is 11.6 Å². The van der Waals surface area contributed by atoms with Crippen molar-refractivity contribution in [1.29, 1.82) is 0 Å². The van der Waals surface area contributed by atoms with Gasteiger partial charge in [-0.3, -0.25) is 0 Å². The predicted molar refractivity (Wildman–Crippen MR) is 136 cm³/mol. The van der Waals surface area contributed by atoms with E-state index < -0.39 is 0 Å². The molecule has 1 unspecified atom stereocenters. The summed E-state index contributed by atoms with van der Waals surface area (Å²) in [4.78, 5) is 11.5. The highest BCUT2D eigenvalue weighted by Gasteiger charge is 2.25. The maximum Gasteiger partial charge on any atom is 0.191 e. The lowest BCUT2D eigenvalue weighted by atomic mass is 10.2. The number of hydrogen-bond acceptors (Lipinski definition) is 4. The molecule has 0 saturated carbocycles. The van der Waals surface area contributed by atoms with Crippen LogP contribution in [0.15, 0.2) is 76.5 Å². The fourth-order valence-electron chi connectivity index (χ4n) is 3.54. The van der Waals surface area contributed by atoms with Crippen LogP contribution in [0.1, 0.15) is 17.7 Å². The Morgan fingerprint density at radius 1 is 1.16 bits per heavy atom. The Balaban J connectivity index is 0.00000272. The highest BCUT2D eigenvalue weighted by Crippen LogP contribution is 2.25. The molecule has 31 heavy (non-hydrogen) atoms. The molecule has 3 aromatic rings. The van der Waals surface area contributed by atoms with Crippen molar-refractivity contribution in [2.75, 3.05) is 24.5 Å². The first-order chi connectivity index (χ1) is 14.8. The molecule has 1 saturated heterocycles. The number of nitrogens with one attached hydrogen (secondary N) is 2. The molecule has 1 aliphatic heterocycles. The summed E-state index contributed by atoms with van der Waals surface area (Å²) < 4.78 is 5.43. The number of nitrogens with zero attached hydrogens (tertiary/aromatic N) is 3. The molecular formula is C23H27ClIN5O. The van der Waals surface area contributed by atoms with Gasteiger partial charge < -0.3 is 20.0 Å². The number of hydrogen-bond donors (Lipinski definition) is 2. The highest BCUT2D eigenvalue weighted by molar-refractivity contribution is 14.0. The third-order valence-electron chi connectivity index (χ3n) is 5.07. The van der Waals surface area contributed by atoms with Gasteiger partial charge in [-0.2, -0.15) is 0 Å². The number of aliphatic imine (C=N–C) groups is 1. The number of aromatic nitrogens is 1. The first-order valence-corrected chi connectivity index (χ1v) is 10.6. The molecule has 0 bridgehead atoms. The summed E-state index contributed by atoms with van der Waals surface area (Å²) in [5, 5.41) is 7.71. The molecule has 1 fully saturated rings. The van der Waals surface area contributed by atoms with Gasteiger partial charge in [0.05, 0.1) is 17.8 Å². The molecule has 0 amide bonds. The molecule has 0 radical (unpaired) electrons. The fourth-order valence-corrected chi connectivity index (χ4v) is 3.78. The standard InChI is InChI=1S/C23H26ClN5O.HI/c24-21-9-4-12-25-22(21)29-14-11-19(17-29)28-23(26-13-10-20-8-5-15-30-20)27-16-18-6-2-1-3-7-18;/h1-9,12,15,19H,10-11,13-14,16-17H2,(H2,26,27,28);1H. The first-order valence-electron chi connectivity index (χ1n) is 10.2. The van der Waals surface area contributed by atoms with Gasteiger partial charge in [0.15, 0.2) is 5.96 Å². The van der Waals surface area contributed by atoms with Crippen molar-refractivity contribution in [3.63, 3.8) is 0 Å². The molecule has 8 heteroatoms. The molecule has 0 aliphatic carbocycles. The maximum atomic E-state index is 6.32. The van der Waals surface area contributed by atoms with E-state index >= 15 is 0 Å². The van der Waals surface area contributed by atoms with Crippen molar-refractivity contribution >= 4 is 47.4 Å². The van der Waals surface area contributed by atoms with E-state index in [1.54, 1.807) is 12.5 Å². The van der Waals surface area contributed by atoms with E-state index in [1.807, 2.05) is 42.5 Å². The van der Waals surface area contributed by atoms with Crippen molar-refractivity contribution in [2.24, 2.45) is 4.99 Å². The number of benzene rings is 1. The summed E-state index contributed by atoms with van der Waals surface area (Å²) in [5.41, 5.74) is 1.18. The van der Waals surface area contributed by atoms with E-state index in [4.69, 9.17) is 21.0 Å². The summed E-state index contributed by atoms with van der Waals surface area (Å²) in [6, 6.07) is 18.2. The number of furan rings is 1. The quantitative estimate of drug-likeness (QED) is 0.257. The average Bonchev–Trinajstić information content (AvgIpc) is 3.45. The van der Waals surface area contributed by atoms with Crippen LogP contribution in [0.25, 0.3) is 0 Å². The highest BCUT2D eigenvalue weighted by atomic mass is 127. The van der Waals surface area contributed by atoms with Crippen molar-refractivity contribution < 1.29 is 4.42 Å². The minimum atomic E-state index is 0. The zero-order valence-electron chi connectivity index (χ0n) is 17.2. The lowest BCUT2D eigenvalue weighted by Gasteiger charge is -2.20. The molecule has 3 heterocycles. The van der Waals surface area contributed by atoms with Gasteiger partial charge in [0.25, 0.3) is 0 Å². The average molecular weight is 552 g/mol. The minimum absolute atomic E-state index is 0. The molecule has 4 rings (SSSR count). The van der Waals surface area contributed by atoms with Crippen LogP contribution in [0.2, 0.25) is 5.02 Å². The van der Waals surface area contributed by atoms with Crippen molar-refractivity contribution in [2.45, 2.75) is 25.4 Å². The van der Waals surface area contributed by atoms with E-state index in [0.717, 1.165) is 50.0 Å². The molecule has 0 spiro atoms. The summed E-state index contributed by atoms with van der Waals surface area (Å²) in [7, 11) is 0. The van der Waals surface area contributed by atoms with Gasteiger partial charge in [-0.05, 0) is 36.2 Å². The van der Waals surface area contributed by atoms with Crippen LogP contribution in [0.5, 0.6) is 0 Å². The third kappa shape index (κ3) is 6.87. The summed E-state index contributed by atoms with van der Waals surface area (Å²) in [6.45, 7) is 3.11. The topological polar surface area (TPSA) is 65.7 Å². The second-order valence-corrected chi connectivity index (χ2v) is 7.70. The summed E-state index contributed by atoms with van der Waals surface area (Å²) in [6.07, 6.45) is 5.29. The second kappa shape index (κ2) is 12.0. The monoisotopic (exact) mass is 551 g/mol. The zero-order chi connectivity index (χ0) is 20.6. The lowest BCUT2D eigenvalue weighted by Crippen LogP contribution is -2.45. The van der Waals surface area contributed by atoms with Crippen LogP contribution in [-0.4, -0.2) is 36.6 Å². The predicted octanol–water partition coefficient (Wildman–Crippen LogP) is 4.50. The Kier molecular flexibility index (Phi) is 9.02. The van der Waals surface area contributed by atoms with Crippen molar-refractivity contribution in [3.8, 4) is 0 Å². The van der Waals surface area contributed by atoms with Crippen LogP contribution in [0.4, 0.5) is 5.82 Å². The molecule has 1 aromatic carbocycles. The van der Waals surface area contributed by atoms with E-state index in [9.17, 15) is 0 Å². The SMILES string of the molecule is Clc1cccnc1N1CCC(NC(=NCc2ccccc2)NCCc2ccco2)C1.I. The largest absolute Gasteiger partial charge is 0.469 e. The Bertz CT molecular complexity index is 952. The Morgan fingerprint density at radius 3 is 2.81 bits per heavy atom. The molecular weight excluding hydrogens is 525 g/mol. The first kappa shape index (κ1) is 23.4. The van der Waals surface area contributed by atoms with Crippen LogP contribution in [-0.2, 0) is 13.0 Å². The fraction of sp³-hybridized carbons (Fsp3) is 0.304. The number of rotatable bonds is 7. The summed E-state index contributed by atoms with van der Waals surface area (Å²) >= 11 is 6.32. The molecule has 2 N–H and O–H groups in total. The number of pyridine rings is 1. The molecule has 164 valence electrons. The van der Waals surface area contributed by atoms with Gasteiger partial charge in [-0.15, -0.1) is 24.0 Å². The number of guanidine groups is 1. The van der Waals surface area contributed by atoms with E-state index in [2.05, 4.69) is 32.7 Å². The van der Waals surface area contributed by atoms with Gasteiger partial charge in [-0.1, -0.05) is 41.9 Å². The zero-order valence-corrected chi connectivity index (χ0v) is 20.3. The normalized spacial score (nSPS) is 16.1. The Labute approximate surface area is 205 Å². The van der Waals surface area contributed by atoms with Crippen LogP contribution < -0.4 is 15.5 Å². The molecule has 2 aromatic heterocycles.